The van der Waals surface area contributed by atoms with Gasteiger partial charge in [0.2, 0.25) is 5.91 Å². The van der Waals surface area contributed by atoms with Crippen LogP contribution in [0.4, 0.5) is 0 Å². The standard InChI is InChI=1S/C17H33N3O/c1-13(2)12-20(14(3)4)17(21)16-6-5-11-19(16)15-7-9-18-10-8-15/h13-16,18H,5-12H2,1-4H3. The summed E-state index contributed by atoms with van der Waals surface area (Å²) in [6.07, 6.45) is 4.60. The smallest absolute Gasteiger partial charge is 0.240 e. The Morgan fingerprint density at radius 1 is 1.19 bits per heavy atom. The van der Waals surface area contributed by atoms with E-state index in [1.165, 1.54) is 19.3 Å². The summed E-state index contributed by atoms with van der Waals surface area (Å²) >= 11 is 0. The summed E-state index contributed by atoms with van der Waals surface area (Å²) in [7, 11) is 0. The van der Waals surface area contributed by atoms with Gasteiger partial charge in [-0.2, -0.15) is 0 Å². The van der Waals surface area contributed by atoms with Crippen molar-refractivity contribution in [2.24, 2.45) is 5.92 Å². The van der Waals surface area contributed by atoms with Crippen molar-refractivity contribution in [1.29, 1.82) is 0 Å². The second-order valence-electron chi connectivity index (χ2n) is 7.36. The Morgan fingerprint density at radius 2 is 1.86 bits per heavy atom. The highest BCUT2D eigenvalue weighted by Crippen LogP contribution is 2.26. The Labute approximate surface area is 130 Å². The van der Waals surface area contributed by atoms with E-state index in [1.54, 1.807) is 0 Å². The lowest BCUT2D eigenvalue weighted by atomic mass is 10.0. The highest BCUT2D eigenvalue weighted by atomic mass is 16.2. The fraction of sp³-hybridized carbons (Fsp3) is 0.941. The van der Waals surface area contributed by atoms with E-state index >= 15 is 0 Å². The number of piperidine rings is 1. The largest absolute Gasteiger partial charge is 0.339 e. The Hall–Kier alpha value is -0.610. The molecule has 0 aliphatic carbocycles. The van der Waals surface area contributed by atoms with Crippen LogP contribution in [0.3, 0.4) is 0 Å². The Bertz CT molecular complexity index is 337. The van der Waals surface area contributed by atoms with Gasteiger partial charge in [0.25, 0.3) is 0 Å². The van der Waals surface area contributed by atoms with Crippen LogP contribution >= 0.6 is 0 Å². The van der Waals surface area contributed by atoms with E-state index in [0.29, 0.717) is 23.9 Å². The molecule has 0 aromatic heterocycles. The lowest BCUT2D eigenvalue weighted by Gasteiger charge is -2.38. The maximum atomic E-state index is 13.0. The molecule has 4 nitrogen and oxygen atoms in total. The van der Waals surface area contributed by atoms with Crippen molar-refractivity contribution >= 4 is 5.91 Å². The Morgan fingerprint density at radius 3 is 2.43 bits per heavy atom. The van der Waals surface area contributed by atoms with Gasteiger partial charge in [-0.1, -0.05) is 13.8 Å². The predicted molar refractivity (Wildman–Crippen MR) is 87.3 cm³/mol. The molecule has 0 aromatic rings. The molecule has 2 saturated heterocycles. The lowest BCUT2D eigenvalue weighted by molar-refractivity contribution is -0.139. The third-order valence-corrected chi connectivity index (χ3v) is 4.83. The van der Waals surface area contributed by atoms with E-state index in [0.717, 1.165) is 32.6 Å². The molecule has 1 amide bonds. The highest BCUT2D eigenvalue weighted by molar-refractivity contribution is 5.82. The number of likely N-dealkylation sites (tertiary alicyclic amines) is 1. The van der Waals surface area contributed by atoms with Gasteiger partial charge in [0.1, 0.15) is 0 Å². The van der Waals surface area contributed by atoms with Crippen LogP contribution in [-0.4, -0.2) is 60.0 Å². The SMILES string of the molecule is CC(C)CN(C(=O)C1CCCN1C1CCNCC1)C(C)C. The van der Waals surface area contributed by atoms with Crippen LogP contribution in [0.25, 0.3) is 0 Å². The van der Waals surface area contributed by atoms with Crippen LogP contribution in [0.1, 0.15) is 53.4 Å². The molecule has 1 atom stereocenters. The summed E-state index contributed by atoms with van der Waals surface area (Å²) in [4.78, 5) is 17.7. The topological polar surface area (TPSA) is 35.6 Å². The molecular weight excluding hydrogens is 262 g/mol. The minimum Gasteiger partial charge on any atom is -0.339 e. The number of hydrogen-bond donors (Lipinski definition) is 1. The minimum absolute atomic E-state index is 0.134. The maximum Gasteiger partial charge on any atom is 0.240 e. The van der Waals surface area contributed by atoms with Gasteiger partial charge in [0.05, 0.1) is 6.04 Å². The van der Waals surface area contributed by atoms with Crippen molar-refractivity contribution in [1.82, 2.24) is 15.1 Å². The first-order chi connectivity index (χ1) is 10.0. The first-order valence-corrected chi connectivity index (χ1v) is 8.77. The van der Waals surface area contributed by atoms with Crippen LogP contribution < -0.4 is 5.32 Å². The number of amides is 1. The molecule has 2 aliphatic rings. The van der Waals surface area contributed by atoms with E-state index in [2.05, 4.69) is 42.8 Å². The number of carbonyl (C=O) groups is 1. The zero-order chi connectivity index (χ0) is 15.4. The quantitative estimate of drug-likeness (QED) is 0.843. The van der Waals surface area contributed by atoms with Gasteiger partial charge in [0, 0.05) is 18.6 Å². The third-order valence-electron chi connectivity index (χ3n) is 4.83. The first kappa shape index (κ1) is 16.8. The van der Waals surface area contributed by atoms with Crippen LogP contribution in [-0.2, 0) is 4.79 Å². The molecular formula is C17H33N3O. The number of nitrogens with zero attached hydrogens (tertiary/aromatic N) is 2. The van der Waals surface area contributed by atoms with Crippen molar-refractivity contribution in [2.45, 2.75) is 71.5 Å². The molecule has 1 N–H and O–H groups in total. The van der Waals surface area contributed by atoms with Crippen molar-refractivity contribution in [3.05, 3.63) is 0 Å². The van der Waals surface area contributed by atoms with Crippen LogP contribution in [0.2, 0.25) is 0 Å². The molecule has 0 aromatic carbocycles. The van der Waals surface area contributed by atoms with Gasteiger partial charge < -0.3 is 10.2 Å². The molecule has 122 valence electrons. The average Bonchev–Trinajstić information content (AvgIpc) is 2.94. The molecule has 0 radical (unpaired) electrons. The Kier molecular flexibility index (Phi) is 6.06. The average molecular weight is 295 g/mol. The summed E-state index contributed by atoms with van der Waals surface area (Å²) in [5, 5.41) is 3.43. The molecule has 0 spiro atoms. The van der Waals surface area contributed by atoms with Gasteiger partial charge in [-0.15, -0.1) is 0 Å². The van der Waals surface area contributed by atoms with Gasteiger partial charge in [-0.25, -0.2) is 0 Å². The maximum absolute atomic E-state index is 13.0. The second kappa shape index (κ2) is 7.59. The zero-order valence-electron chi connectivity index (χ0n) is 14.3. The van der Waals surface area contributed by atoms with Gasteiger partial charge in [0.15, 0.2) is 0 Å². The summed E-state index contributed by atoms with van der Waals surface area (Å²) in [6.45, 7) is 12.9. The first-order valence-electron chi connectivity index (χ1n) is 8.77. The zero-order valence-corrected chi connectivity index (χ0v) is 14.3. The van der Waals surface area contributed by atoms with E-state index in [1.807, 2.05) is 0 Å². The van der Waals surface area contributed by atoms with Gasteiger partial charge in [-0.05, 0) is 65.1 Å². The van der Waals surface area contributed by atoms with Crippen molar-refractivity contribution in [2.75, 3.05) is 26.2 Å². The summed E-state index contributed by atoms with van der Waals surface area (Å²) in [6, 6.07) is 1.04. The van der Waals surface area contributed by atoms with E-state index < -0.39 is 0 Å². The fourth-order valence-electron chi connectivity index (χ4n) is 3.77. The van der Waals surface area contributed by atoms with E-state index in [-0.39, 0.29) is 6.04 Å². The normalized spacial score (nSPS) is 25.0. The molecule has 2 heterocycles. The monoisotopic (exact) mass is 295 g/mol. The molecule has 2 fully saturated rings. The second-order valence-corrected chi connectivity index (χ2v) is 7.36. The van der Waals surface area contributed by atoms with Crippen LogP contribution in [0, 0.1) is 5.92 Å². The third kappa shape index (κ3) is 4.19. The molecule has 21 heavy (non-hydrogen) atoms. The van der Waals surface area contributed by atoms with Gasteiger partial charge in [-0.3, -0.25) is 9.69 Å². The molecule has 2 rings (SSSR count). The predicted octanol–water partition coefficient (Wildman–Crippen LogP) is 2.10. The number of hydrogen-bond acceptors (Lipinski definition) is 3. The highest BCUT2D eigenvalue weighted by Gasteiger charge is 2.38. The van der Waals surface area contributed by atoms with E-state index in [4.69, 9.17) is 0 Å². The lowest BCUT2D eigenvalue weighted by Crippen LogP contribution is -2.53. The number of rotatable bonds is 5. The fourth-order valence-corrected chi connectivity index (χ4v) is 3.77. The van der Waals surface area contributed by atoms with Crippen LogP contribution in [0.5, 0.6) is 0 Å². The minimum atomic E-state index is 0.134. The van der Waals surface area contributed by atoms with E-state index in [9.17, 15) is 4.79 Å². The van der Waals surface area contributed by atoms with Crippen molar-refractivity contribution < 1.29 is 4.79 Å². The van der Waals surface area contributed by atoms with Crippen molar-refractivity contribution in [3.8, 4) is 0 Å². The van der Waals surface area contributed by atoms with Crippen LogP contribution in [0.15, 0.2) is 0 Å². The molecule has 0 saturated carbocycles. The summed E-state index contributed by atoms with van der Waals surface area (Å²) in [5.41, 5.74) is 0. The molecule has 0 bridgehead atoms. The van der Waals surface area contributed by atoms with Crippen molar-refractivity contribution in [3.63, 3.8) is 0 Å². The van der Waals surface area contributed by atoms with Gasteiger partial charge >= 0.3 is 0 Å². The molecule has 1 unspecified atom stereocenters. The number of nitrogens with one attached hydrogen (secondary N) is 1. The summed E-state index contributed by atoms with van der Waals surface area (Å²) in [5.74, 6) is 0.903. The molecule has 4 heteroatoms. The Balaban J connectivity index is 2.04. The number of carbonyl (C=O) groups excluding carboxylic acids is 1. The summed E-state index contributed by atoms with van der Waals surface area (Å²) < 4.78 is 0. The molecule has 2 aliphatic heterocycles.